The highest BCUT2D eigenvalue weighted by molar-refractivity contribution is 7.14. The molecule has 0 spiro atoms. The van der Waals surface area contributed by atoms with E-state index in [4.69, 9.17) is 0 Å². The van der Waals surface area contributed by atoms with E-state index in [0.29, 0.717) is 11.6 Å². The van der Waals surface area contributed by atoms with Gasteiger partial charge in [-0.25, -0.2) is 4.98 Å². The molecule has 0 aliphatic heterocycles. The van der Waals surface area contributed by atoms with Crippen molar-refractivity contribution in [2.24, 2.45) is 0 Å². The molecule has 2 rings (SSSR count). The number of rotatable bonds is 6. The van der Waals surface area contributed by atoms with Crippen LogP contribution in [-0.4, -0.2) is 24.0 Å². The van der Waals surface area contributed by atoms with Crippen LogP contribution in [0.15, 0.2) is 17.5 Å². The molecular formula is C14H16N2O3S2. The number of nitrogens with one attached hydrogen (secondary N) is 1. The van der Waals surface area contributed by atoms with Crippen LogP contribution in [0.1, 0.15) is 22.4 Å². The van der Waals surface area contributed by atoms with Crippen molar-refractivity contribution >= 4 is 39.7 Å². The van der Waals surface area contributed by atoms with E-state index >= 15 is 0 Å². The second-order valence-corrected chi connectivity index (χ2v) is 6.56. The number of esters is 1. The third-order valence-corrected chi connectivity index (χ3v) is 4.68. The Bertz CT molecular complexity index is 634. The number of anilines is 1. The van der Waals surface area contributed by atoms with Crippen molar-refractivity contribution in [3.8, 4) is 0 Å². The Hall–Kier alpha value is -1.73. The van der Waals surface area contributed by atoms with Gasteiger partial charge in [0, 0.05) is 22.1 Å². The molecule has 112 valence electrons. The first-order valence-corrected chi connectivity index (χ1v) is 8.13. The van der Waals surface area contributed by atoms with Crippen LogP contribution >= 0.6 is 22.7 Å². The lowest BCUT2D eigenvalue weighted by Gasteiger charge is -1.96. The smallest absolute Gasteiger partial charge is 0.310 e. The summed E-state index contributed by atoms with van der Waals surface area (Å²) >= 11 is 3.05. The molecule has 1 N–H and O–H groups in total. The van der Waals surface area contributed by atoms with Crippen molar-refractivity contribution in [3.63, 3.8) is 0 Å². The molecule has 2 aromatic rings. The summed E-state index contributed by atoms with van der Waals surface area (Å²) in [4.78, 5) is 28.7. The van der Waals surface area contributed by atoms with E-state index in [0.717, 1.165) is 23.4 Å². The average Bonchev–Trinajstić information content (AvgIpc) is 3.05. The van der Waals surface area contributed by atoms with Crippen LogP contribution in [0.25, 0.3) is 0 Å². The third-order valence-electron chi connectivity index (χ3n) is 2.73. The van der Waals surface area contributed by atoms with Gasteiger partial charge in [0.25, 0.3) is 0 Å². The Kier molecular flexibility index (Phi) is 5.46. The summed E-state index contributed by atoms with van der Waals surface area (Å²) < 4.78 is 4.65. The number of ether oxygens (including phenoxy) is 1. The van der Waals surface area contributed by atoms with Gasteiger partial charge in [-0.3, -0.25) is 9.59 Å². The standard InChI is InChI=1S/C14H16N2O3S2/c1-9(17)15-14-16-10(8-20-14)3-4-11-5-6-12(21-11)7-13(18)19-2/h5-6,8H,3-4,7H2,1-2H3,(H,15,16,17). The Balaban J connectivity index is 1.86. The Morgan fingerprint density at radius 2 is 2.05 bits per heavy atom. The summed E-state index contributed by atoms with van der Waals surface area (Å²) in [5.41, 5.74) is 0.965. The van der Waals surface area contributed by atoms with E-state index in [1.54, 1.807) is 11.3 Å². The number of aromatic nitrogens is 1. The minimum Gasteiger partial charge on any atom is -0.469 e. The molecule has 0 fully saturated rings. The lowest BCUT2D eigenvalue weighted by molar-refractivity contribution is -0.139. The van der Waals surface area contributed by atoms with Crippen LogP contribution in [0.3, 0.4) is 0 Å². The van der Waals surface area contributed by atoms with Gasteiger partial charge >= 0.3 is 5.97 Å². The van der Waals surface area contributed by atoms with E-state index in [1.165, 1.54) is 30.2 Å². The normalized spacial score (nSPS) is 10.4. The van der Waals surface area contributed by atoms with Gasteiger partial charge in [0.15, 0.2) is 5.13 Å². The van der Waals surface area contributed by atoms with Crippen molar-refractivity contribution in [2.75, 3.05) is 12.4 Å². The van der Waals surface area contributed by atoms with Crippen LogP contribution in [0.2, 0.25) is 0 Å². The topological polar surface area (TPSA) is 68.3 Å². The molecule has 0 aliphatic carbocycles. The monoisotopic (exact) mass is 324 g/mol. The summed E-state index contributed by atoms with van der Waals surface area (Å²) in [6, 6.07) is 3.99. The Labute approximate surface area is 131 Å². The predicted octanol–water partition coefficient (Wildman–Crippen LogP) is 2.66. The Morgan fingerprint density at radius 1 is 1.29 bits per heavy atom. The number of thiophene rings is 1. The molecule has 2 aromatic heterocycles. The van der Waals surface area contributed by atoms with Gasteiger partial charge in [0.1, 0.15) is 0 Å². The van der Waals surface area contributed by atoms with Crippen LogP contribution in [0.5, 0.6) is 0 Å². The average molecular weight is 324 g/mol. The zero-order valence-electron chi connectivity index (χ0n) is 11.8. The van der Waals surface area contributed by atoms with Gasteiger partial charge in [-0.05, 0) is 25.0 Å². The van der Waals surface area contributed by atoms with Gasteiger partial charge < -0.3 is 10.1 Å². The molecule has 7 heteroatoms. The molecule has 1 amide bonds. The van der Waals surface area contributed by atoms with E-state index in [1.807, 2.05) is 17.5 Å². The second-order valence-electron chi connectivity index (χ2n) is 4.45. The summed E-state index contributed by atoms with van der Waals surface area (Å²) in [6.07, 6.45) is 2.01. The van der Waals surface area contributed by atoms with Gasteiger partial charge in [0.2, 0.25) is 5.91 Å². The maximum absolute atomic E-state index is 11.2. The van der Waals surface area contributed by atoms with E-state index < -0.39 is 0 Å². The fourth-order valence-corrected chi connectivity index (χ4v) is 3.54. The van der Waals surface area contributed by atoms with Crippen LogP contribution < -0.4 is 5.32 Å². The van der Waals surface area contributed by atoms with E-state index in [-0.39, 0.29) is 11.9 Å². The number of nitrogens with zero attached hydrogens (tertiary/aromatic N) is 1. The van der Waals surface area contributed by atoms with Crippen LogP contribution in [-0.2, 0) is 33.6 Å². The predicted molar refractivity (Wildman–Crippen MR) is 83.9 cm³/mol. The first-order valence-electron chi connectivity index (χ1n) is 6.43. The second kappa shape index (κ2) is 7.33. The minimum absolute atomic E-state index is 0.110. The number of hydrogen-bond acceptors (Lipinski definition) is 6. The first kappa shape index (κ1) is 15.7. The summed E-state index contributed by atoms with van der Waals surface area (Å²) in [7, 11) is 1.39. The van der Waals surface area contributed by atoms with Crippen LogP contribution in [0, 0.1) is 0 Å². The number of thiazole rings is 1. The molecule has 0 saturated carbocycles. The summed E-state index contributed by atoms with van der Waals surface area (Å²) in [6.45, 7) is 1.47. The van der Waals surface area contributed by atoms with Crippen molar-refractivity contribution in [1.82, 2.24) is 4.98 Å². The summed E-state index contributed by atoms with van der Waals surface area (Å²) in [5.74, 6) is -0.329. The molecule has 0 bridgehead atoms. The number of carbonyl (C=O) groups is 2. The number of methoxy groups -OCH3 is 1. The molecule has 5 nitrogen and oxygen atoms in total. The molecule has 0 aromatic carbocycles. The lowest BCUT2D eigenvalue weighted by atomic mass is 10.2. The highest BCUT2D eigenvalue weighted by Gasteiger charge is 2.08. The fraction of sp³-hybridized carbons (Fsp3) is 0.357. The summed E-state index contributed by atoms with van der Waals surface area (Å²) in [5, 5.41) is 5.26. The van der Waals surface area contributed by atoms with Crippen molar-refractivity contribution in [2.45, 2.75) is 26.2 Å². The molecule has 0 atom stereocenters. The van der Waals surface area contributed by atoms with Gasteiger partial charge in [-0.15, -0.1) is 22.7 Å². The van der Waals surface area contributed by atoms with Crippen molar-refractivity contribution in [3.05, 3.63) is 33.0 Å². The zero-order valence-corrected chi connectivity index (χ0v) is 13.5. The zero-order chi connectivity index (χ0) is 15.2. The SMILES string of the molecule is COC(=O)Cc1ccc(CCc2csc(NC(C)=O)n2)s1. The number of carbonyl (C=O) groups excluding carboxylic acids is 2. The lowest BCUT2D eigenvalue weighted by Crippen LogP contribution is -2.05. The van der Waals surface area contributed by atoms with Gasteiger partial charge in [0.05, 0.1) is 19.2 Å². The van der Waals surface area contributed by atoms with Crippen molar-refractivity contribution in [1.29, 1.82) is 0 Å². The van der Waals surface area contributed by atoms with E-state index in [9.17, 15) is 9.59 Å². The number of aryl methyl sites for hydroxylation is 2. The molecule has 0 unspecified atom stereocenters. The molecule has 0 aliphatic rings. The van der Waals surface area contributed by atoms with Crippen LogP contribution in [0.4, 0.5) is 5.13 Å². The highest BCUT2D eigenvalue weighted by atomic mass is 32.1. The van der Waals surface area contributed by atoms with Gasteiger partial charge in [-0.2, -0.15) is 0 Å². The number of amides is 1. The fourth-order valence-electron chi connectivity index (χ4n) is 1.75. The largest absolute Gasteiger partial charge is 0.469 e. The number of hydrogen-bond donors (Lipinski definition) is 1. The molecular weight excluding hydrogens is 308 g/mol. The molecule has 2 heterocycles. The molecule has 0 radical (unpaired) electrons. The van der Waals surface area contributed by atoms with E-state index in [2.05, 4.69) is 15.0 Å². The molecule has 0 saturated heterocycles. The highest BCUT2D eigenvalue weighted by Crippen LogP contribution is 2.21. The molecule has 21 heavy (non-hydrogen) atoms. The third kappa shape index (κ3) is 4.95. The maximum Gasteiger partial charge on any atom is 0.310 e. The van der Waals surface area contributed by atoms with Crippen molar-refractivity contribution < 1.29 is 14.3 Å². The minimum atomic E-state index is -0.220. The Morgan fingerprint density at radius 3 is 2.76 bits per heavy atom. The first-order chi connectivity index (χ1) is 10.1. The van der Waals surface area contributed by atoms with Gasteiger partial charge in [-0.1, -0.05) is 0 Å². The quantitative estimate of drug-likeness (QED) is 0.830. The maximum atomic E-state index is 11.2.